The van der Waals surface area contributed by atoms with Crippen LogP contribution in [0.1, 0.15) is 45.6 Å². The Morgan fingerprint density at radius 1 is 1.06 bits per heavy atom. The second-order valence-electron chi connectivity index (χ2n) is 4.06. The average molecular weight is 221 g/mol. The van der Waals surface area contributed by atoms with E-state index in [4.69, 9.17) is 4.84 Å². The van der Waals surface area contributed by atoms with Gasteiger partial charge in [-0.1, -0.05) is 51.1 Å². The molecular formula is C14H23NO. The van der Waals surface area contributed by atoms with Gasteiger partial charge in [-0.2, -0.15) is 0 Å². The van der Waals surface area contributed by atoms with Crippen molar-refractivity contribution in [1.29, 1.82) is 0 Å². The Morgan fingerprint density at radius 3 is 2.19 bits per heavy atom. The fraction of sp³-hybridized carbons (Fsp3) is 0.571. The summed E-state index contributed by atoms with van der Waals surface area (Å²) in [5, 5.41) is 0. The predicted molar refractivity (Wildman–Crippen MR) is 68.1 cm³/mol. The number of hydrogen-bond donors (Lipinski definition) is 1. The zero-order valence-corrected chi connectivity index (χ0v) is 10.6. The Hall–Kier alpha value is -0.860. The normalized spacial score (nSPS) is 11.7. The summed E-state index contributed by atoms with van der Waals surface area (Å²) in [6, 6.07) is 10.5. The Morgan fingerprint density at radius 2 is 1.69 bits per heavy atom. The summed E-state index contributed by atoms with van der Waals surface area (Å²) in [4.78, 5) is 5.90. The van der Waals surface area contributed by atoms with Crippen LogP contribution in [0.15, 0.2) is 30.3 Å². The van der Waals surface area contributed by atoms with Gasteiger partial charge < -0.3 is 0 Å². The van der Waals surface area contributed by atoms with E-state index in [0.29, 0.717) is 0 Å². The van der Waals surface area contributed by atoms with E-state index in [0.717, 1.165) is 25.8 Å². The van der Waals surface area contributed by atoms with E-state index in [2.05, 4.69) is 50.5 Å². The van der Waals surface area contributed by atoms with E-state index in [1.54, 1.807) is 0 Å². The van der Waals surface area contributed by atoms with Gasteiger partial charge in [-0.05, 0) is 24.8 Å². The smallest absolute Gasteiger partial charge is 0.114 e. The summed E-state index contributed by atoms with van der Waals surface area (Å²) >= 11 is 0. The van der Waals surface area contributed by atoms with Gasteiger partial charge in [0, 0.05) is 6.54 Å². The number of hydrogen-bond acceptors (Lipinski definition) is 2. The van der Waals surface area contributed by atoms with Gasteiger partial charge in [0.25, 0.3) is 0 Å². The largest absolute Gasteiger partial charge is 0.290 e. The molecule has 1 rings (SSSR count). The van der Waals surface area contributed by atoms with Crippen molar-refractivity contribution in [3.05, 3.63) is 35.9 Å². The number of hydroxylamine groups is 1. The second kappa shape index (κ2) is 6.66. The molecule has 16 heavy (non-hydrogen) atoms. The van der Waals surface area contributed by atoms with E-state index >= 15 is 0 Å². The van der Waals surface area contributed by atoms with Gasteiger partial charge in [0.05, 0.1) is 0 Å². The molecule has 0 atom stereocenters. The van der Waals surface area contributed by atoms with Crippen molar-refractivity contribution in [1.82, 2.24) is 5.48 Å². The number of benzene rings is 1. The van der Waals surface area contributed by atoms with E-state index in [-0.39, 0.29) is 5.60 Å². The Kier molecular flexibility index (Phi) is 5.50. The Balaban J connectivity index is 2.79. The molecule has 0 saturated carbocycles. The quantitative estimate of drug-likeness (QED) is 0.560. The summed E-state index contributed by atoms with van der Waals surface area (Å²) in [5.74, 6) is 0. The highest BCUT2D eigenvalue weighted by molar-refractivity contribution is 5.22. The molecule has 90 valence electrons. The molecule has 0 aliphatic rings. The summed E-state index contributed by atoms with van der Waals surface area (Å²) in [6.45, 7) is 7.38. The van der Waals surface area contributed by atoms with Gasteiger partial charge in [-0.3, -0.25) is 4.84 Å². The Labute approximate surface area is 99.0 Å². The molecule has 0 fully saturated rings. The van der Waals surface area contributed by atoms with Crippen molar-refractivity contribution in [3.63, 3.8) is 0 Å². The zero-order chi connectivity index (χ0) is 11.9. The fourth-order valence-electron chi connectivity index (χ4n) is 1.89. The van der Waals surface area contributed by atoms with Crippen LogP contribution in [0, 0.1) is 0 Å². The van der Waals surface area contributed by atoms with Crippen LogP contribution in [0.2, 0.25) is 0 Å². The van der Waals surface area contributed by atoms with Crippen LogP contribution in [0.25, 0.3) is 0 Å². The lowest BCUT2D eigenvalue weighted by atomic mass is 9.88. The highest BCUT2D eigenvalue weighted by Crippen LogP contribution is 2.31. The maximum Gasteiger partial charge on any atom is 0.114 e. The molecule has 0 bridgehead atoms. The first-order valence-corrected chi connectivity index (χ1v) is 6.25. The molecule has 0 aliphatic carbocycles. The van der Waals surface area contributed by atoms with Crippen molar-refractivity contribution in [2.24, 2.45) is 0 Å². The topological polar surface area (TPSA) is 21.3 Å². The first-order valence-electron chi connectivity index (χ1n) is 6.25. The van der Waals surface area contributed by atoms with E-state index < -0.39 is 0 Å². The van der Waals surface area contributed by atoms with Crippen molar-refractivity contribution < 1.29 is 4.84 Å². The first-order chi connectivity index (χ1) is 7.79. The summed E-state index contributed by atoms with van der Waals surface area (Å²) in [6.07, 6.45) is 3.03. The third kappa shape index (κ3) is 3.06. The van der Waals surface area contributed by atoms with Crippen LogP contribution in [0.5, 0.6) is 0 Å². The molecule has 1 aromatic rings. The molecule has 0 radical (unpaired) electrons. The molecule has 0 spiro atoms. The highest BCUT2D eigenvalue weighted by Gasteiger charge is 2.29. The van der Waals surface area contributed by atoms with Crippen LogP contribution >= 0.6 is 0 Å². The summed E-state index contributed by atoms with van der Waals surface area (Å²) in [5.41, 5.74) is 4.15. The van der Waals surface area contributed by atoms with Gasteiger partial charge in [0.2, 0.25) is 0 Å². The van der Waals surface area contributed by atoms with Crippen molar-refractivity contribution >= 4 is 0 Å². The number of nitrogens with one attached hydrogen (secondary N) is 1. The standard InChI is InChI=1S/C14H23NO/c1-4-12-15-16-14(5-2,6-3)13-10-8-7-9-11-13/h7-11,15H,4-6,12H2,1-3H3. The van der Waals surface area contributed by atoms with Crippen LogP contribution in [-0.2, 0) is 10.4 Å². The lowest BCUT2D eigenvalue weighted by Crippen LogP contribution is -2.35. The SMILES string of the molecule is CCCNOC(CC)(CC)c1ccccc1. The molecule has 0 amide bonds. The van der Waals surface area contributed by atoms with Crippen LogP contribution in [-0.4, -0.2) is 6.54 Å². The fourth-order valence-corrected chi connectivity index (χ4v) is 1.89. The average Bonchev–Trinajstić information content (AvgIpc) is 2.36. The van der Waals surface area contributed by atoms with Gasteiger partial charge in [0.15, 0.2) is 0 Å². The molecule has 1 N–H and O–H groups in total. The molecule has 0 aromatic heterocycles. The predicted octanol–water partition coefficient (Wildman–Crippen LogP) is 3.63. The van der Waals surface area contributed by atoms with Crippen LogP contribution in [0.3, 0.4) is 0 Å². The minimum Gasteiger partial charge on any atom is -0.290 e. The molecule has 0 aliphatic heterocycles. The lowest BCUT2D eigenvalue weighted by Gasteiger charge is -2.32. The third-order valence-electron chi connectivity index (χ3n) is 3.06. The monoisotopic (exact) mass is 221 g/mol. The van der Waals surface area contributed by atoms with Crippen LogP contribution in [0.4, 0.5) is 0 Å². The van der Waals surface area contributed by atoms with Crippen molar-refractivity contribution in [2.45, 2.75) is 45.6 Å². The molecule has 2 nitrogen and oxygen atoms in total. The number of rotatable bonds is 7. The highest BCUT2D eigenvalue weighted by atomic mass is 16.7. The van der Waals surface area contributed by atoms with Gasteiger partial charge in [0.1, 0.15) is 5.60 Å². The summed E-state index contributed by atoms with van der Waals surface area (Å²) < 4.78 is 0. The van der Waals surface area contributed by atoms with Crippen molar-refractivity contribution in [3.8, 4) is 0 Å². The minimum absolute atomic E-state index is 0.184. The van der Waals surface area contributed by atoms with E-state index in [1.165, 1.54) is 5.56 Å². The molecule has 0 heterocycles. The first kappa shape index (κ1) is 13.2. The molecule has 0 unspecified atom stereocenters. The zero-order valence-electron chi connectivity index (χ0n) is 10.6. The molecule has 0 saturated heterocycles. The lowest BCUT2D eigenvalue weighted by molar-refractivity contribution is -0.117. The Bertz CT molecular complexity index is 280. The molecular weight excluding hydrogens is 198 g/mol. The maximum absolute atomic E-state index is 5.90. The van der Waals surface area contributed by atoms with E-state index in [9.17, 15) is 0 Å². The molecule has 2 heteroatoms. The van der Waals surface area contributed by atoms with Gasteiger partial charge >= 0.3 is 0 Å². The summed E-state index contributed by atoms with van der Waals surface area (Å²) in [7, 11) is 0. The van der Waals surface area contributed by atoms with E-state index in [1.807, 2.05) is 6.07 Å². The maximum atomic E-state index is 5.90. The van der Waals surface area contributed by atoms with Crippen molar-refractivity contribution in [2.75, 3.05) is 6.54 Å². The third-order valence-corrected chi connectivity index (χ3v) is 3.06. The molecule has 1 aromatic carbocycles. The van der Waals surface area contributed by atoms with Gasteiger partial charge in [-0.15, -0.1) is 0 Å². The second-order valence-corrected chi connectivity index (χ2v) is 4.06. The van der Waals surface area contributed by atoms with Crippen LogP contribution < -0.4 is 5.48 Å². The minimum atomic E-state index is -0.184. The van der Waals surface area contributed by atoms with Gasteiger partial charge in [-0.25, -0.2) is 5.48 Å².